The lowest BCUT2D eigenvalue weighted by Crippen LogP contribution is -2.07. The van der Waals surface area contributed by atoms with E-state index in [0.717, 1.165) is 35.5 Å². The van der Waals surface area contributed by atoms with Crippen LogP contribution in [0.3, 0.4) is 0 Å². The van der Waals surface area contributed by atoms with Gasteiger partial charge >= 0.3 is 0 Å². The number of benzene rings is 1. The van der Waals surface area contributed by atoms with Crippen LogP contribution in [0.25, 0.3) is 0 Å². The summed E-state index contributed by atoms with van der Waals surface area (Å²) < 4.78 is 13.0. The number of nitrogens with zero attached hydrogens (tertiary/aromatic N) is 2. The summed E-state index contributed by atoms with van der Waals surface area (Å²) in [6, 6.07) is 7.52. The average Bonchev–Trinajstić information content (AvgIpc) is 2.72. The van der Waals surface area contributed by atoms with Crippen LogP contribution in [0.5, 0.6) is 11.5 Å². The molecule has 1 aromatic carbocycles. The number of aliphatic hydroxyl groups is 1. The van der Waals surface area contributed by atoms with E-state index in [2.05, 4.69) is 5.10 Å². The minimum absolute atomic E-state index is 0.637. The summed E-state index contributed by atoms with van der Waals surface area (Å²) in [4.78, 5) is 0. The summed E-state index contributed by atoms with van der Waals surface area (Å²) in [5.41, 5.74) is 2.53. The molecule has 0 fully saturated rings. The summed E-state index contributed by atoms with van der Waals surface area (Å²) in [6.45, 7) is 3.35. The molecular formula is C16H20N2O3. The van der Waals surface area contributed by atoms with Crippen LogP contribution < -0.4 is 9.47 Å². The lowest BCUT2D eigenvalue weighted by Gasteiger charge is -2.14. The molecule has 0 amide bonds. The Morgan fingerprint density at radius 3 is 2.71 bits per heavy atom. The van der Waals surface area contributed by atoms with Gasteiger partial charge in [-0.05, 0) is 30.2 Å². The first kappa shape index (κ1) is 13.9. The van der Waals surface area contributed by atoms with Gasteiger partial charge in [-0.25, -0.2) is 0 Å². The van der Waals surface area contributed by atoms with Gasteiger partial charge in [0.15, 0.2) is 11.5 Å². The van der Waals surface area contributed by atoms with Crippen molar-refractivity contribution in [1.82, 2.24) is 9.78 Å². The molecule has 2 heterocycles. The van der Waals surface area contributed by atoms with Crippen molar-refractivity contribution in [3.05, 3.63) is 41.2 Å². The molecule has 5 heteroatoms. The molecule has 1 atom stereocenters. The molecule has 21 heavy (non-hydrogen) atoms. The molecule has 0 radical (unpaired) electrons. The number of fused-ring (bicyclic) bond motifs is 1. The van der Waals surface area contributed by atoms with Crippen molar-refractivity contribution in [3.8, 4) is 11.5 Å². The molecule has 2 aromatic rings. The highest BCUT2D eigenvalue weighted by Crippen LogP contribution is 2.34. The van der Waals surface area contributed by atoms with E-state index in [1.165, 1.54) is 0 Å². The maximum Gasteiger partial charge on any atom is 0.161 e. The Morgan fingerprint density at radius 2 is 2.00 bits per heavy atom. The first-order valence-electron chi connectivity index (χ1n) is 7.29. The van der Waals surface area contributed by atoms with Crippen LogP contribution in [-0.4, -0.2) is 28.1 Å². The Balaban J connectivity index is 1.92. The molecular weight excluding hydrogens is 268 g/mol. The van der Waals surface area contributed by atoms with Gasteiger partial charge in [0.1, 0.15) is 6.10 Å². The lowest BCUT2D eigenvalue weighted by atomic mass is 10.1. The topological polar surface area (TPSA) is 56.5 Å². The number of aliphatic hydroxyl groups excluding tert-OH is 1. The predicted molar refractivity (Wildman–Crippen MR) is 78.7 cm³/mol. The minimum atomic E-state index is -0.722. The monoisotopic (exact) mass is 288 g/mol. The smallest absolute Gasteiger partial charge is 0.161 e. The van der Waals surface area contributed by atoms with Crippen LogP contribution in [-0.2, 0) is 13.5 Å². The third kappa shape index (κ3) is 2.74. The number of ether oxygens (including phenoxy) is 2. The molecule has 1 aromatic heterocycles. The quantitative estimate of drug-likeness (QED) is 0.941. The van der Waals surface area contributed by atoms with Gasteiger partial charge in [-0.2, -0.15) is 5.10 Å². The number of rotatable bonds is 3. The zero-order chi connectivity index (χ0) is 14.8. The number of hydrogen-bond acceptors (Lipinski definition) is 4. The third-order valence-electron chi connectivity index (χ3n) is 3.70. The molecule has 3 rings (SSSR count). The van der Waals surface area contributed by atoms with E-state index in [1.54, 1.807) is 4.68 Å². The largest absolute Gasteiger partial charge is 0.490 e. The van der Waals surface area contributed by atoms with Crippen LogP contribution in [0.1, 0.15) is 36.4 Å². The lowest BCUT2D eigenvalue weighted by molar-refractivity contribution is 0.209. The van der Waals surface area contributed by atoms with Gasteiger partial charge in [0.05, 0.1) is 24.6 Å². The molecule has 0 saturated carbocycles. The fourth-order valence-electron chi connectivity index (χ4n) is 2.49. The van der Waals surface area contributed by atoms with E-state index >= 15 is 0 Å². The minimum Gasteiger partial charge on any atom is -0.490 e. The van der Waals surface area contributed by atoms with E-state index in [-0.39, 0.29) is 0 Å². The van der Waals surface area contributed by atoms with E-state index in [0.29, 0.717) is 19.0 Å². The predicted octanol–water partition coefficient (Wildman–Crippen LogP) is 2.23. The first-order valence-corrected chi connectivity index (χ1v) is 7.29. The summed E-state index contributed by atoms with van der Waals surface area (Å²) in [5, 5.41) is 15.0. The molecule has 1 aliphatic rings. The van der Waals surface area contributed by atoms with E-state index in [9.17, 15) is 5.11 Å². The summed E-state index contributed by atoms with van der Waals surface area (Å²) in [7, 11) is 1.85. The van der Waals surface area contributed by atoms with E-state index < -0.39 is 6.10 Å². The molecule has 0 saturated heterocycles. The van der Waals surface area contributed by atoms with Gasteiger partial charge in [-0.15, -0.1) is 0 Å². The van der Waals surface area contributed by atoms with Crippen LogP contribution in [0.2, 0.25) is 0 Å². The van der Waals surface area contributed by atoms with Gasteiger partial charge in [0.25, 0.3) is 0 Å². The van der Waals surface area contributed by atoms with Crippen molar-refractivity contribution in [2.75, 3.05) is 13.2 Å². The van der Waals surface area contributed by atoms with Crippen molar-refractivity contribution >= 4 is 0 Å². The second-order valence-electron chi connectivity index (χ2n) is 5.20. The summed E-state index contributed by atoms with van der Waals surface area (Å²) >= 11 is 0. The SMILES string of the molecule is CCc1cc(C(O)c2ccc3c(c2)OCCCO3)n(C)n1. The van der Waals surface area contributed by atoms with Crippen LogP contribution >= 0.6 is 0 Å². The molecule has 1 aliphatic heterocycles. The molecule has 1 N–H and O–H groups in total. The van der Waals surface area contributed by atoms with E-state index in [4.69, 9.17) is 9.47 Å². The normalized spacial score (nSPS) is 15.6. The zero-order valence-corrected chi connectivity index (χ0v) is 12.4. The van der Waals surface area contributed by atoms with Gasteiger partial charge in [0, 0.05) is 13.5 Å². The Bertz CT molecular complexity index is 636. The van der Waals surface area contributed by atoms with Gasteiger partial charge < -0.3 is 14.6 Å². The van der Waals surface area contributed by atoms with Gasteiger partial charge in [-0.3, -0.25) is 4.68 Å². The molecule has 5 nitrogen and oxygen atoms in total. The second-order valence-corrected chi connectivity index (χ2v) is 5.20. The van der Waals surface area contributed by atoms with E-state index in [1.807, 2.05) is 38.2 Å². The average molecular weight is 288 g/mol. The van der Waals surface area contributed by atoms with Gasteiger partial charge in [-0.1, -0.05) is 13.0 Å². The molecule has 1 unspecified atom stereocenters. The molecule has 0 aliphatic carbocycles. The van der Waals surface area contributed by atoms with Crippen molar-refractivity contribution in [3.63, 3.8) is 0 Å². The highest BCUT2D eigenvalue weighted by Gasteiger charge is 2.19. The standard InChI is InChI=1S/C16H20N2O3/c1-3-12-10-13(18(2)17-12)16(19)11-5-6-14-15(9-11)21-8-4-7-20-14/h5-6,9-10,16,19H,3-4,7-8H2,1-2H3. The fraction of sp³-hybridized carbons (Fsp3) is 0.438. The van der Waals surface area contributed by atoms with Gasteiger partial charge in [0.2, 0.25) is 0 Å². The Kier molecular flexibility index (Phi) is 3.84. The summed E-state index contributed by atoms with van der Waals surface area (Å²) in [5.74, 6) is 1.43. The maximum absolute atomic E-state index is 10.6. The number of aryl methyl sites for hydroxylation is 2. The summed E-state index contributed by atoms with van der Waals surface area (Å²) in [6.07, 6.45) is 0.996. The third-order valence-corrected chi connectivity index (χ3v) is 3.70. The highest BCUT2D eigenvalue weighted by molar-refractivity contribution is 5.45. The van der Waals surface area contributed by atoms with Crippen molar-refractivity contribution in [2.24, 2.45) is 7.05 Å². The molecule has 0 bridgehead atoms. The Hall–Kier alpha value is -2.01. The Labute approximate surface area is 124 Å². The second kappa shape index (κ2) is 5.77. The molecule has 112 valence electrons. The Morgan fingerprint density at radius 1 is 1.24 bits per heavy atom. The fourth-order valence-corrected chi connectivity index (χ4v) is 2.49. The van der Waals surface area contributed by atoms with Crippen LogP contribution in [0.15, 0.2) is 24.3 Å². The number of aromatic nitrogens is 2. The van der Waals surface area contributed by atoms with Crippen molar-refractivity contribution in [1.29, 1.82) is 0 Å². The zero-order valence-electron chi connectivity index (χ0n) is 12.4. The van der Waals surface area contributed by atoms with Crippen LogP contribution in [0.4, 0.5) is 0 Å². The number of hydrogen-bond donors (Lipinski definition) is 1. The maximum atomic E-state index is 10.6. The van der Waals surface area contributed by atoms with Crippen molar-refractivity contribution in [2.45, 2.75) is 25.9 Å². The van der Waals surface area contributed by atoms with Crippen molar-refractivity contribution < 1.29 is 14.6 Å². The highest BCUT2D eigenvalue weighted by atomic mass is 16.5. The first-order chi connectivity index (χ1) is 10.2. The molecule has 0 spiro atoms. The van der Waals surface area contributed by atoms with Crippen LogP contribution in [0, 0.1) is 0 Å².